The minimum Gasteiger partial charge on any atom is -0.475 e. The Kier molecular flexibility index (Phi) is 7.92. The predicted molar refractivity (Wildman–Crippen MR) is 117 cm³/mol. The van der Waals surface area contributed by atoms with Crippen molar-refractivity contribution in [3.8, 4) is 22.8 Å². The molecule has 0 saturated carbocycles. The van der Waals surface area contributed by atoms with Crippen molar-refractivity contribution in [1.29, 1.82) is 0 Å². The van der Waals surface area contributed by atoms with E-state index in [0.29, 0.717) is 22.8 Å². The van der Waals surface area contributed by atoms with E-state index in [0.717, 1.165) is 23.6 Å². The zero-order valence-electron chi connectivity index (χ0n) is 17.6. The number of ether oxygens (including phenoxy) is 1. The molecule has 0 aliphatic carbocycles. The van der Waals surface area contributed by atoms with Crippen molar-refractivity contribution in [1.82, 2.24) is 9.97 Å². The zero-order chi connectivity index (χ0) is 25.4. The van der Waals surface area contributed by atoms with Crippen molar-refractivity contribution in [2.75, 3.05) is 5.32 Å². The van der Waals surface area contributed by atoms with Gasteiger partial charge in [-0.05, 0) is 66.2 Å². The molecular formula is C24H16F5N3O3. The lowest BCUT2D eigenvalue weighted by atomic mass is 10.1. The molecule has 11 heteroatoms. The number of hydrogen-bond donors (Lipinski definition) is 2. The van der Waals surface area contributed by atoms with Crippen molar-refractivity contribution in [2.45, 2.75) is 6.18 Å². The summed E-state index contributed by atoms with van der Waals surface area (Å²) in [5, 5.41) is 10.3. The Bertz CT molecular complexity index is 1280. The summed E-state index contributed by atoms with van der Waals surface area (Å²) in [6.45, 7) is 0. The Morgan fingerprint density at radius 3 is 2.14 bits per heavy atom. The van der Waals surface area contributed by atoms with Gasteiger partial charge in [0.2, 0.25) is 5.88 Å². The van der Waals surface area contributed by atoms with Gasteiger partial charge in [-0.2, -0.15) is 13.2 Å². The van der Waals surface area contributed by atoms with Crippen LogP contribution in [0, 0.1) is 11.6 Å². The SMILES string of the molecule is Fc1ccc(-c2cccnc2Oc2ccc(Nc3ccccn3)cc2)cc1F.O=C(O)C(F)(F)F. The van der Waals surface area contributed by atoms with Crippen LogP contribution in [0.3, 0.4) is 0 Å². The highest BCUT2D eigenvalue weighted by Crippen LogP contribution is 2.32. The maximum absolute atomic E-state index is 13.6. The summed E-state index contributed by atoms with van der Waals surface area (Å²) in [5.41, 5.74) is 1.90. The summed E-state index contributed by atoms with van der Waals surface area (Å²) >= 11 is 0. The molecule has 6 nitrogen and oxygen atoms in total. The number of pyridine rings is 2. The number of anilines is 2. The summed E-state index contributed by atoms with van der Waals surface area (Å²) in [6, 6.07) is 20.0. The third-order valence-electron chi connectivity index (χ3n) is 4.25. The molecular weight excluding hydrogens is 473 g/mol. The first kappa shape index (κ1) is 25.1. The maximum atomic E-state index is 13.6. The van der Waals surface area contributed by atoms with Gasteiger partial charge in [-0.1, -0.05) is 12.1 Å². The predicted octanol–water partition coefficient (Wildman–Crippen LogP) is 6.59. The van der Waals surface area contributed by atoms with Crippen LogP contribution in [0.1, 0.15) is 0 Å². The molecule has 180 valence electrons. The van der Waals surface area contributed by atoms with Gasteiger partial charge in [-0.3, -0.25) is 0 Å². The number of carboxylic acid groups (broad SMARTS) is 1. The molecule has 0 amide bonds. The van der Waals surface area contributed by atoms with E-state index in [4.69, 9.17) is 14.6 Å². The molecule has 4 rings (SSSR count). The quantitative estimate of drug-likeness (QED) is 0.308. The van der Waals surface area contributed by atoms with Crippen LogP contribution >= 0.6 is 0 Å². The number of nitrogens with one attached hydrogen (secondary N) is 1. The maximum Gasteiger partial charge on any atom is 0.490 e. The highest BCUT2D eigenvalue weighted by Gasteiger charge is 2.38. The smallest absolute Gasteiger partial charge is 0.475 e. The second-order valence-corrected chi connectivity index (χ2v) is 6.75. The topological polar surface area (TPSA) is 84.3 Å². The third-order valence-corrected chi connectivity index (χ3v) is 4.25. The van der Waals surface area contributed by atoms with Gasteiger partial charge < -0.3 is 15.2 Å². The lowest BCUT2D eigenvalue weighted by Gasteiger charge is -2.11. The summed E-state index contributed by atoms with van der Waals surface area (Å²) in [5.74, 6) is -2.97. The molecule has 2 heterocycles. The minimum absolute atomic E-state index is 0.305. The van der Waals surface area contributed by atoms with Gasteiger partial charge in [-0.15, -0.1) is 0 Å². The van der Waals surface area contributed by atoms with Crippen molar-refractivity contribution in [2.24, 2.45) is 0 Å². The van der Waals surface area contributed by atoms with Gasteiger partial charge in [0.15, 0.2) is 11.6 Å². The monoisotopic (exact) mass is 489 g/mol. The summed E-state index contributed by atoms with van der Waals surface area (Å²) in [4.78, 5) is 17.3. The van der Waals surface area contributed by atoms with Crippen molar-refractivity contribution in [3.63, 3.8) is 0 Å². The van der Waals surface area contributed by atoms with E-state index in [9.17, 15) is 22.0 Å². The molecule has 0 unspecified atom stereocenters. The van der Waals surface area contributed by atoms with E-state index >= 15 is 0 Å². The average Bonchev–Trinajstić information content (AvgIpc) is 2.83. The minimum atomic E-state index is -5.08. The van der Waals surface area contributed by atoms with E-state index in [1.165, 1.54) is 6.07 Å². The van der Waals surface area contributed by atoms with Crippen molar-refractivity contribution < 1.29 is 36.6 Å². The first-order valence-electron chi connectivity index (χ1n) is 9.80. The number of aliphatic carboxylic acids is 1. The molecule has 0 radical (unpaired) electrons. The van der Waals surface area contributed by atoms with Gasteiger partial charge in [0.25, 0.3) is 0 Å². The van der Waals surface area contributed by atoms with Crippen LogP contribution < -0.4 is 10.1 Å². The molecule has 2 aromatic carbocycles. The number of nitrogens with zero attached hydrogens (tertiary/aromatic N) is 2. The first-order chi connectivity index (χ1) is 16.6. The molecule has 2 aromatic heterocycles. The molecule has 0 aliphatic rings. The van der Waals surface area contributed by atoms with Gasteiger partial charge in [0.05, 0.1) is 0 Å². The lowest BCUT2D eigenvalue weighted by Crippen LogP contribution is -2.21. The van der Waals surface area contributed by atoms with E-state index in [2.05, 4.69) is 15.3 Å². The van der Waals surface area contributed by atoms with Gasteiger partial charge >= 0.3 is 12.1 Å². The fourth-order valence-electron chi connectivity index (χ4n) is 2.66. The molecule has 0 aliphatic heterocycles. The Balaban J connectivity index is 0.000000429. The van der Waals surface area contributed by atoms with Crippen LogP contribution in [0.5, 0.6) is 11.6 Å². The first-order valence-corrected chi connectivity index (χ1v) is 9.80. The van der Waals surface area contributed by atoms with Gasteiger partial charge in [-0.25, -0.2) is 23.5 Å². The largest absolute Gasteiger partial charge is 0.490 e. The average molecular weight is 489 g/mol. The number of carboxylic acids is 1. The fraction of sp³-hybridized carbons (Fsp3) is 0.0417. The molecule has 4 aromatic rings. The number of alkyl halides is 3. The molecule has 0 saturated heterocycles. The van der Waals surface area contributed by atoms with Crippen molar-refractivity contribution in [3.05, 3.63) is 96.8 Å². The number of rotatable bonds is 5. The van der Waals surface area contributed by atoms with E-state index in [-0.39, 0.29) is 0 Å². The number of carbonyl (C=O) groups is 1. The van der Waals surface area contributed by atoms with Gasteiger partial charge in [0, 0.05) is 23.6 Å². The van der Waals surface area contributed by atoms with E-state index in [1.807, 2.05) is 30.3 Å². The molecule has 0 spiro atoms. The number of hydrogen-bond acceptors (Lipinski definition) is 5. The van der Waals surface area contributed by atoms with Gasteiger partial charge in [0.1, 0.15) is 11.6 Å². The number of benzene rings is 2. The zero-order valence-corrected chi connectivity index (χ0v) is 17.6. The fourth-order valence-corrected chi connectivity index (χ4v) is 2.66. The van der Waals surface area contributed by atoms with Crippen molar-refractivity contribution >= 4 is 17.5 Å². The molecule has 0 bridgehead atoms. The second kappa shape index (κ2) is 11.1. The van der Waals surface area contributed by atoms with Crippen LogP contribution in [0.4, 0.5) is 33.5 Å². The second-order valence-electron chi connectivity index (χ2n) is 6.75. The van der Waals surface area contributed by atoms with Crippen LogP contribution in [0.15, 0.2) is 85.2 Å². The summed E-state index contributed by atoms with van der Waals surface area (Å²) in [7, 11) is 0. The van der Waals surface area contributed by atoms with Crippen LogP contribution in [-0.4, -0.2) is 27.2 Å². The Morgan fingerprint density at radius 2 is 1.54 bits per heavy atom. The van der Waals surface area contributed by atoms with E-state index in [1.54, 1.807) is 36.7 Å². The molecule has 2 N–H and O–H groups in total. The van der Waals surface area contributed by atoms with E-state index < -0.39 is 23.8 Å². The van der Waals surface area contributed by atoms with Crippen LogP contribution in [-0.2, 0) is 4.79 Å². The Labute approximate surface area is 195 Å². The highest BCUT2D eigenvalue weighted by molar-refractivity contribution is 5.73. The lowest BCUT2D eigenvalue weighted by molar-refractivity contribution is -0.192. The molecule has 0 fully saturated rings. The normalized spacial score (nSPS) is 10.7. The third kappa shape index (κ3) is 7.22. The Morgan fingerprint density at radius 1 is 0.857 bits per heavy atom. The summed E-state index contributed by atoms with van der Waals surface area (Å²) < 4.78 is 64.4. The number of halogens is 5. The molecule has 0 atom stereocenters. The Hall–Kier alpha value is -4.54. The highest BCUT2D eigenvalue weighted by atomic mass is 19.4. The standard InChI is InChI=1S/C22H15F2N3O.C2HF3O2/c23-19-11-6-15(14-20(19)24)18-4-3-13-26-22(18)28-17-9-7-16(8-10-17)27-21-5-1-2-12-25-21;3-2(4,5)1(6)7/h1-14H,(H,25,27);(H,6,7). The van der Waals surface area contributed by atoms with Crippen LogP contribution in [0.25, 0.3) is 11.1 Å². The molecule has 35 heavy (non-hydrogen) atoms. The van der Waals surface area contributed by atoms with Crippen LogP contribution in [0.2, 0.25) is 0 Å². The number of aromatic nitrogens is 2. The summed E-state index contributed by atoms with van der Waals surface area (Å²) in [6.07, 6.45) is -1.80.